The van der Waals surface area contributed by atoms with Crippen LogP contribution in [-0.4, -0.2) is 42.8 Å². The fourth-order valence-electron chi connectivity index (χ4n) is 2.16. The number of nitrogens with zero attached hydrogens (tertiary/aromatic N) is 6. The van der Waals surface area contributed by atoms with Gasteiger partial charge in [-0.05, 0) is 13.0 Å². The highest BCUT2D eigenvalue weighted by Gasteiger charge is 2.28. The van der Waals surface area contributed by atoms with Crippen LogP contribution in [0.3, 0.4) is 0 Å². The fraction of sp³-hybridized carbons (Fsp3) is 0.364. The minimum Gasteiger partial charge on any atom is -0.336 e. The number of amides is 1. The Hall–Kier alpha value is -2.31. The quantitative estimate of drug-likeness (QED) is 0.702. The van der Waals surface area contributed by atoms with Crippen molar-refractivity contribution in [3.05, 3.63) is 29.8 Å². The van der Waals surface area contributed by atoms with Gasteiger partial charge in [-0.1, -0.05) is 5.21 Å². The van der Waals surface area contributed by atoms with Gasteiger partial charge in [-0.25, -0.2) is 9.97 Å². The molecule has 0 aliphatic carbocycles. The van der Waals surface area contributed by atoms with E-state index in [9.17, 15) is 4.79 Å². The maximum absolute atomic E-state index is 10.9. The number of rotatable bonds is 2. The number of fused-ring (bicyclic) bond motifs is 1. The second-order valence-electron chi connectivity index (χ2n) is 4.15. The van der Waals surface area contributed by atoms with Crippen molar-refractivity contribution in [2.45, 2.75) is 19.4 Å². The van der Waals surface area contributed by atoms with E-state index in [1.165, 1.54) is 0 Å². The molecule has 1 aliphatic heterocycles. The lowest BCUT2D eigenvalue weighted by Crippen LogP contribution is -2.33. The van der Waals surface area contributed by atoms with E-state index in [2.05, 4.69) is 20.3 Å². The van der Waals surface area contributed by atoms with Crippen molar-refractivity contribution in [2.24, 2.45) is 0 Å². The molecule has 0 saturated carbocycles. The van der Waals surface area contributed by atoms with Crippen LogP contribution in [0, 0.1) is 0 Å². The number of aromatic nitrogens is 5. The number of hydrogen-bond donors (Lipinski definition) is 0. The molecule has 0 saturated heterocycles. The lowest BCUT2D eigenvalue weighted by Gasteiger charge is -2.28. The highest BCUT2D eigenvalue weighted by atomic mass is 16.1. The summed E-state index contributed by atoms with van der Waals surface area (Å²) in [6.45, 7) is 2.61. The molecule has 18 heavy (non-hydrogen) atoms. The highest BCUT2D eigenvalue weighted by Crippen LogP contribution is 2.26. The Morgan fingerprint density at radius 3 is 2.89 bits per heavy atom. The Kier molecular flexibility index (Phi) is 2.51. The Labute approximate surface area is 103 Å². The van der Waals surface area contributed by atoms with Gasteiger partial charge < -0.3 is 4.90 Å². The minimum atomic E-state index is -0.0521. The van der Waals surface area contributed by atoms with Crippen molar-refractivity contribution in [1.29, 1.82) is 0 Å². The Morgan fingerprint density at radius 2 is 2.17 bits per heavy atom. The summed E-state index contributed by atoms with van der Waals surface area (Å²) < 4.78 is 1.65. The summed E-state index contributed by atoms with van der Waals surface area (Å²) in [4.78, 5) is 20.9. The molecule has 0 N–H and O–H groups in total. The van der Waals surface area contributed by atoms with E-state index in [1.807, 2.05) is 6.92 Å². The van der Waals surface area contributed by atoms with Crippen molar-refractivity contribution in [3.8, 4) is 5.95 Å². The predicted molar refractivity (Wildman–Crippen MR) is 61.8 cm³/mol. The first-order valence-electron chi connectivity index (χ1n) is 5.74. The molecule has 2 aromatic rings. The van der Waals surface area contributed by atoms with Gasteiger partial charge in [0.1, 0.15) is 5.69 Å². The minimum absolute atomic E-state index is 0.0521. The smallest absolute Gasteiger partial charge is 0.252 e. The van der Waals surface area contributed by atoms with Gasteiger partial charge in [0.15, 0.2) is 0 Å². The molecule has 3 heterocycles. The fourth-order valence-corrected chi connectivity index (χ4v) is 2.16. The highest BCUT2D eigenvalue weighted by molar-refractivity contribution is 5.49. The third-order valence-corrected chi connectivity index (χ3v) is 3.17. The molecule has 92 valence electrons. The third-order valence-electron chi connectivity index (χ3n) is 3.17. The van der Waals surface area contributed by atoms with E-state index >= 15 is 0 Å². The molecule has 1 atom stereocenters. The molecule has 1 aliphatic rings. The molecule has 0 radical (unpaired) electrons. The molecule has 7 nitrogen and oxygen atoms in total. The average molecular weight is 244 g/mol. The van der Waals surface area contributed by atoms with Gasteiger partial charge in [0, 0.05) is 25.4 Å². The van der Waals surface area contributed by atoms with E-state index < -0.39 is 0 Å². The van der Waals surface area contributed by atoms with Crippen LogP contribution in [0.4, 0.5) is 0 Å². The second kappa shape index (κ2) is 4.17. The van der Waals surface area contributed by atoms with E-state index in [-0.39, 0.29) is 6.04 Å². The van der Waals surface area contributed by atoms with Crippen LogP contribution >= 0.6 is 0 Å². The van der Waals surface area contributed by atoms with E-state index in [0.717, 1.165) is 17.8 Å². The van der Waals surface area contributed by atoms with E-state index in [1.54, 1.807) is 28.0 Å². The van der Waals surface area contributed by atoms with Gasteiger partial charge in [0.2, 0.25) is 6.41 Å². The monoisotopic (exact) mass is 244 g/mol. The van der Waals surface area contributed by atoms with Crippen LogP contribution in [0.25, 0.3) is 5.95 Å². The van der Waals surface area contributed by atoms with Crippen molar-refractivity contribution in [2.75, 3.05) is 6.54 Å². The van der Waals surface area contributed by atoms with Gasteiger partial charge in [0.25, 0.3) is 5.95 Å². The van der Waals surface area contributed by atoms with Crippen molar-refractivity contribution >= 4 is 6.41 Å². The SMILES string of the molecule is CC1c2nnn(-c3ncccn3)c2CCN1C=O. The van der Waals surface area contributed by atoms with Crippen LogP contribution < -0.4 is 0 Å². The molecule has 0 fully saturated rings. The summed E-state index contributed by atoms with van der Waals surface area (Å²) in [6, 6.07) is 1.70. The van der Waals surface area contributed by atoms with E-state index in [0.29, 0.717) is 18.9 Å². The summed E-state index contributed by atoms with van der Waals surface area (Å²) in [5.41, 5.74) is 1.80. The topological polar surface area (TPSA) is 76.8 Å². The van der Waals surface area contributed by atoms with Crippen molar-refractivity contribution in [1.82, 2.24) is 29.9 Å². The van der Waals surface area contributed by atoms with E-state index in [4.69, 9.17) is 0 Å². The normalized spacial score (nSPS) is 18.5. The van der Waals surface area contributed by atoms with Crippen LogP contribution in [0.15, 0.2) is 18.5 Å². The number of carbonyl (C=O) groups excluding carboxylic acids is 1. The van der Waals surface area contributed by atoms with Gasteiger partial charge in [-0.15, -0.1) is 5.10 Å². The lowest BCUT2D eigenvalue weighted by molar-refractivity contribution is -0.120. The van der Waals surface area contributed by atoms with Crippen molar-refractivity contribution < 1.29 is 4.79 Å². The maximum Gasteiger partial charge on any atom is 0.252 e. The Morgan fingerprint density at radius 1 is 1.39 bits per heavy atom. The molecule has 0 bridgehead atoms. The molecule has 1 unspecified atom stereocenters. The van der Waals surface area contributed by atoms with Gasteiger partial charge in [-0.2, -0.15) is 4.68 Å². The maximum atomic E-state index is 10.9. The second-order valence-corrected chi connectivity index (χ2v) is 4.15. The molecule has 2 aromatic heterocycles. The van der Waals surface area contributed by atoms with Crippen LogP contribution in [-0.2, 0) is 11.2 Å². The first-order chi connectivity index (χ1) is 8.81. The number of hydrogen-bond acceptors (Lipinski definition) is 5. The molecule has 7 heteroatoms. The predicted octanol–water partition coefficient (Wildman–Crippen LogP) is 0.133. The zero-order valence-corrected chi connectivity index (χ0v) is 9.89. The molecule has 0 aromatic carbocycles. The van der Waals surface area contributed by atoms with Crippen LogP contribution in [0.2, 0.25) is 0 Å². The van der Waals surface area contributed by atoms with Crippen LogP contribution in [0.1, 0.15) is 24.4 Å². The summed E-state index contributed by atoms with van der Waals surface area (Å²) in [7, 11) is 0. The molecule has 0 spiro atoms. The molecular formula is C11H12N6O. The largest absolute Gasteiger partial charge is 0.336 e. The zero-order valence-electron chi connectivity index (χ0n) is 9.89. The van der Waals surface area contributed by atoms with Gasteiger partial charge in [0.05, 0.1) is 11.7 Å². The molecule has 1 amide bonds. The number of carbonyl (C=O) groups is 1. The standard InChI is InChI=1S/C11H12N6O/c1-8-10-9(3-6-16(8)7-18)17(15-14-10)11-12-4-2-5-13-11/h2,4-5,7-8H,3,6H2,1H3. The van der Waals surface area contributed by atoms with Gasteiger partial charge >= 0.3 is 0 Å². The van der Waals surface area contributed by atoms with Crippen molar-refractivity contribution in [3.63, 3.8) is 0 Å². The Balaban J connectivity index is 2.05. The lowest BCUT2D eigenvalue weighted by atomic mass is 10.1. The Bertz CT molecular complexity index is 566. The average Bonchev–Trinajstić information content (AvgIpc) is 2.85. The molecular weight excluding hydrogens is 232 g/mol. The van der Waals surface area contributed by atoms with Crippen LogP contribution in [0.5, 0.6) is 0 Å². The summed E-state index contributed by atoms with van der Waals surface area (Å²) in [5.74, 6) is 0.512. The van der Waals surface area contributed by atoms with Gasteiger partial charge in [-0.3, -0.25) is 4.79 Å². The summed E-state index contributed by atoms with van der Waals surface area (Å²) in [6.07, 6.45) is 4.90. The zero-order chi connectivity index (χ0) is 12.5. The summed E-state index contributed by atoms with van der Waals surface area (Å²) >= 11 is 0. The summed E-state index contributed by atoms with van der Waals surface area (Å²) in [5, 5.41) is 8.23. The first-order valence-corrected chi connectivity index (χ1v) is 5.74. The third kappa shape index (κ3) is 1.55. The first kappa shape index (κ1) is 10.8. The molecule has 3 rings (SSSR count).